The number of fused-ring (bicyclic) bond motifs is 15. The number of nitrogens with zero attached hydrogens (tertiary/aromatic N) is 2. The molecular weight excluding hydrogens is 885 g/mol. The third kappa shape index (κ3) is 5.87. The van der Waals surface area contributed by atoms with Gasteiger partial charge in [-0.25, -0.2) is 0 Å². The second kappa shape index (κ2) is 15.1. The van der Waals surface area contributed by atoms with Crippen molar-refractivity contribution in [3.05, 3.63) is 191 Å². The van der Waals surface area contributed by atoms with Gasteiger partial charge in [0.1, 0.15) is 27.3 Å². The Morgan fingerprint density at radius 2 is 0.729 bits per heavy atom. The molecule has 9 aromatic carbocycles. The Labute approximate surface area is 412 Å². The summed E-state index contributed by atoms with van der Waals surface area (Å²) in [4.78, 5) is 4.97. The fourth-order valence-electron chi connectivity index (χ4n) is 12.8. The molecule has 4 heterocycles. The van der Waals surface area contributed by atoms with Gasteiger partial charge in [-0.3, -0.25) is 0 Å². The largest absolute Gasteiger partial charge is 0.454 e. The summed E-state index contributed by atoms with van der Waals surface area (Å²) in [6.45, 7) is 23.8. The molecule has 342 valence electrons. The van der Waals surface area contributed by atoms with E-state index in [1.54, 1.807) is 10.4 Å². The highest BCUT2D eigenvalue weighted by atomic mass is 28.3. The Hall–Kier alpha value is -7.39. The molecule has 0 spiro atoms. The van der Waals surface area contributed by atoms with Crippen LogP contribution >= 0.6 is 0 Å². The van der Waals surface area contributed by atoms with E-state index < -0.39 is 16.1 Å². The highest BCUT2D eigenvalue weighted by molar-refractivity contribution is 7.13. The number of aryl methyl sites for hydroxylation is 6. The average Bonchev–Trinajstić information content (AvgIpc) is 4.04. The molecule has 0 amide bonds. The van der Waals surface area contributed by atoms with Crippen LogP contribution in [0.4, 0.5) is 34.1 Å². The number of hydrogen-bond donors (Lipinski definition) is 0. The molecule has 70 heavy (non-hydrogen) atoms. The van der Waals surface area contributed by atoms with Crippen LogP contribution in [0.2, 0.25) is 26.2 Å². The molecule has 0 bridgehead atoms. The van der Waals surface area contributed by atoms with Gasteiger partial charge in [0.2, 0.25) is 0 Å². The topological polar surface area (TPSA) is 32.8 Å². The molecule has 0 N–H and O–H groups in total. The summed E-state index contributed by atoms with van der Waals surface area (Å²) in [7, 11) is -4.99. The van der Waals surface area contributed by atoms with Crippen molar-refractivity contribution in [2.75, 3.05) is 9.80 Å². The molecular formula is C64H56N2O2Si2. The molecule has 4 nitrogen and oxygen atoms in total. The van der Waals surface area contributed by atoms with Gasteiger partial charge in [0.05, 0.1) is 11.4 Å². The zero-order valence-electron chi connectivity index (χ0n) is 41.7. The molecule has 11 aromatic rings. The smallest absolute Gasteiger partial charge is 0.160 e. The van der Waals surface area contributed by atoms with Gasteiger partial charge in [0.15, 0.2) is 11.2 Å². The van der Waals surface area contributed by atoms with Crippen LogP contribution in [0.3, 0.4) is 0 Å². The molecule has 0 atom stereocenters. The molecule has 0 aliphatic carbocycles. The fourth-order valence-corrected chi connectivity index (χ4v) is 21.2. The number of para-hydroxylation sites is 4. The maximum absolute atomic E-state index is 7.18. The number of anilines is 6. The summed E-state index contributed by atoms with van der Waals surface area (Å²) in [6.07, 6.45) is 0. The van der Waals surface area contributed by atoms with E-state index in [0.29, 0.717) is 0 Å². The van der Waals surface area contributed by atoms with E-state index in [2.05, 4.69) is 235 Å². The lowest BCUT2D eigenvalue weighted by molar-refractivity contribution is 0.669. The maximum atomic E-state index is 7.18. The summed E-state index contributed by atoms with van der Waals surface area (Å²) in [5.74, 6) is 0. The third-order valence-corrected chi connectivity index (χ3v) is 23.2. The van der Waals surface area contributed by atoms with Gasteiger partial charge < -0.3 is 18.6 Å². The second-order valence-corrected chi connectivity index (χ2v) is 29.8. The second-order valence-electron chi connectivity index (χ2n) is 21.2. The van der Waals surface area contributed by atoms with Gasteiger partial charge in [0, 0.05) is 44.3 Å². The quantitative estimate of drug-likeness (QED) is 0.156. The minimum absolute atomic E-state index is 0.914. The van der Waals surface area contributed by atoms with E-state index in [0.717, 1.165) is 67.2 Å². The minimum atomic E-state index is -2.49. The number of benzene rings is 9. The Morgan fingerprint density at radius 1 is 0.357 bits per heavy atom. The molecule has 6 heteroatoms. The molecule has 2 aliphatic heterocycles. The normalized spacial score (nSPS) is 14.1. The zero-order valence-corrected chi connectivity index (χ0v) is 43.7. The van der Waals surface area contributed by atoms with Crippen LogP contribution in [0.1, 0.15) is 33.4 Å². The molecule has 2 aromatic heterocycles. The van der Waals surface area contributed by atoms with Crippen LogP contribution in [0.15, 0.2) is 167 Å². The monoisotopic (exact) mass is 940 g/mol. The predicted molar refractivity (Wildman–Crippen MR) is 303 cm³/mol. The third-order valence-electron chi connectivity index (χ3n) is 16.0. The Balaban J connectivity index is 1.11. The van der Waals surface area contributed by atoms with Crippen LogP contribution in [-0.4, -0.2) is 16.1 Å². The summed E-state index contributed by atoms with van der Waals surface area (Å²) < 4.78 is 14.4. The first-order valence-corrected chi connectivity index (χ1v) is 30.8. The standard InChI is InChI=1S/C64H56N2O2Si2/c1-37-27-31-49(41(5)33-37)65(47-23-15-11-19-39(47)3)51-35-55-57(59-43-21-13-17-25-53(43)67-61(51)59)45-29-30-46-58-56(70(9,10)64(46)63(45)69(55,7)8)36-52(62-60(58)44-22-14-18-26-54(44)68-62)66(48-24-16-12-20-40(48)4)50-32-28-38(2)34-42(50)6/h11-36H,1-10H3. The molecule has 13 rings (SSSR count). The van der Waals surface area contributed by atoms with Crippen molar-refractivity contribution >= 4 is 115 Å². The molecule has 0 unspecified atom stereocenters. The van der Waals surface area contributed by atoms with E-state index in [4.69, 9.17) is 8.83 Å². The summed E-state index contributed by atoms with van der Waals surface area (Å²) in [5, 5.41) is 10.9. The highest BCUT2D eigenvalue weighted by Crippen LogP contribution is 2.52. The summed E-state index contributed by atoms with van der Waals surface area (Å²) in [6, 6.07) is 58.7. The SMILES string of the molecule is Cc1ccc(N(c2ccccc2C)c2cc3c(c4c2oc2ccccc24)-c2ccc4c(c2[Si]3(C)C)[Si](C)(C)c2cc(N(c3ccccc3C)c3ccc(C)cc3C)c3oc5ccccc5c3c2-4)c(C)c1. The van der Waals surface area contributed by atoms with E-state index in [-0.39, 0.29) is 0 Å². The van der Waals surface area contributed by atoms with Crippen LogP contribution in [0.5, 0.6) is 0 Å². The molecule has 0 saturated heterocycles. The molecule has 0 saturated carbocycles. The molecule has 0 radical (unpaired) electrons. The van der Waals surface area contributed by atoms with Gasteiger partial charge in [-0.2, -0.15) is 0 Å². The Bertz CT molecular complexity index is 3800. The lowest BCUT2D eigenvalue weighted by atomic mass is 9.94. The van der Waals surface area contributed by atoms with Crippen LogP contribution in [0.25, 0.3) is 66.1 Å². The van der Waals surface area contributed by atoms with Gasteiger partial charge in [-0.05, 0) is 155 Å². The minimum Gasteiger partial charge on any atom is -0.454 e. The molecule has 0 fully saturated rings. The van der Waals surface area contributed by atoms with Crippen LogP contribution < -0.4 is 30.5 Å². The Kier molecular flexibility index (Phi) is 9.18. The zero-order chi connectivity index (χ0) is 48.1. The van der Waals surface area contributed by atoms with Crippen molar-refractivity contribution in [1.29, 1.82) is 0 Å². The lowest BCUT2D eigenvalue weighted by Gasteiger charge is -2.31. The highest BCUT2D eigenvalue weighted by Gasteiger charge is 2.50. The predicted octanol–water partition coefficient (Wildman–Crippen LogP) is 15.9. The van der Waals surface area contributed by atoms with Gasteiger partial charge >= 0.3 is 0 Å². The first-order chi connectivity index (χ1) is 33.7. The van der Waals surface area contributed by atoms with Crippen LogP contribution in [0, 0.1) is 41.5 Å². The summed E-state index contributed by atoms with van der Waals surface area (Å²) in [5.41, 5.74) is 23.4. The van der Waals surface area contributed by atoms with Crippen molar-refractivity contribution < 1.29 is 8.83 Å². The van der Waals surface area contributed by atoms with Gasteiger partial charge in [-0.15, -0.1) is 0 Å². The van der Waals surface area contributed by atoms with Crippen molar-refractivity contribution in [3.8, 4) is 22.3 Å². The Morgan fingerprint density at radius 3 is 1.13 bits per heavy atom. The van der Waals surface area contributed by atoms with E-state index >= 15 is 0 Å². The van der Waals surface area contributed by atoms with E-state index in [1.165, 1.54) is 76.8 Å². The number of hydrogen-bond acceptors (Lipinski definition) is 4. The van der Waals surface area contributed by atoms with Crippen molar-refractivity contribution in [1.82, 2.24) is 0 Å². The van der Waals surface area contributed by atoms with Gasteiger partial charge in [-0.1, -0.05) is 147 Å². The fraction of sp³-hybridized carbons (Fsp3) is 0.156. The number of furan rings is 2. The summed E-state index contributed by atoms with van der Waals surface area (Å²) >= 11 is 0. The van der Waals surface area contributed by atoms with E-state index in [1.807, 2.05) is 0 Å². The lowest BCUT2D eigenvalue weighted by Crippen LogP contribution is -2.63. The van der Waals surface area contributed by atoms with E-state index in [9.17, 15) is 0 Å². The molecule has 2 aliphatic rings. The number of rotatable bonds is 6. The first kappa shape index (κ1) is 42.7. The maximum Gasteiger partial charge on any atom is 0.160 e. The van der Waals surface area contributed by atoms with Gasteiger partial charge in [0.25, 0.3) is 0 Å². The first-order valence-electron chi connectivity index (χ1n) is 24.8. The van der Waals surface area contributed by atoms with Crippen molar-refractivity contribution in [2.45, 2.75) is 67.7 Å². The van der Waals surface area contributed by atoms with Crippen molar-refractivity contribution in [3.63, 3.8) is 0 Å². The van der Waals surface area contributed by atoms with Crippen LogP contribution in [-0.2, 0) is 0 Å². The average molecular weight is 941 g/mol. The van der Waals surface area contributed by atoms with Crippen molar-refractivity contribution in [2.24, 2.45) is 0 Å².